The summed E-state index contributed by atoms with van der Waals surface area (Å²) < 4.78 is 0. The third kappa shape index (κ3) is 14.0. The molecule has 0 unspecified atom stereocenters. The van der Waals surface area contributed by atoms with E-state index in [1.54, 1.807) is 0 Å². The van der Waals surface area contributed by atoms with Gasteiger partial charge in [0, 0.05) is 0 Å². The van der Waals surface area contributed by atoms with Crippen LogP contribution in [-0.2, 0) is 19.2 Å². The molecule has 0 bridgehead atoms. The van der Waals surface area contributed by atoms with Crippen LogP contribution in [0.15, 0.2) is 84.0 Å². The molecule has 4 rings (SSSR count). The molecular formula is C32H40Cl2SiTi-2. The normalized spacial score (nSPS) is 13.3. The number of halogens is 2. The van der Waals surface area contributed by atoms with Crippen molar-refractivity contribution in [3.8, 4) is 0 Å². The van der Waals surface area contributed by atoms with Crippen molar-refractivity contribution in [2.75, 3.05) is 0 Å². The quantitative estimate of drug-likeness (QED) is 0.336. The van der Waals surface area contributed by atoms with Gasteiger partial charge in [0.15, 0.2) is 0 Å². The smallest absolute Gasteiger partial charge is 1.00 e. The van der Waals surface area contributed by atoms with Crippen LogP contribution in [0.1, 0.15) is 76.3 Å². The van der Waals surface area contributed by atoms with E-state index in [1.807, 2.05) is 0 Å². The molecule has 0 aromatic heterocycles. The second kappa shape index (κ2) is 20.9. The van der Waals surface area contributed by atoms with Crippen LogP contribution in [0.2, 0.25) is 13.1 Å². The zero-order chi connectivity index (χ0) is 24.6. The van der Waals surface area contributed by atoms with Crippen molar-refractivity contribution in [1.82, 2.24) is 0 Å². The summed E-state index contributed by atoms with van der Waals surface area (Å²) in [6.45, 7) is 9.00. The van der Waals surface area contributed by atoms with Crippen molar-refractivity contribution in [2.45, 2.75) is 78.3 Å². The average Bonchev–Trinajstić information content (AvgIpc) is 3.53. The Morgan fingerprint density at radius 1 is 0.667 bits per heavy atom. The van der Waals surface area contributed by atoms with E-state index >= 15 is 0 Å². The van der Waals surface area contributed by atoms with E-state index in [1.165, 1.54) is 71.9 Å². The molecule has 0 saturated carbocycles. The van der Waals surface area contributed by atoms with E-state index in [9.17, 15) is 0 Å². The predicted molar refractivity (Wildman–Crippen MR) is 148 cm³/mol. The largest absolute Gasteiger partial charge is 1.00 e. The van der Waals surface area contributed by atoms with Gasteiger partial charge in [0.25, 0.3) is 0 Å². The number of hydrogen-bond acceptors (Lipinski definition) is 0. The van der Waals surface area contributed by atoms with Crippen LogP contribution >= 0.6 is 0 Å². The minimum absolute atomic E-state index is 0. The Hall–Kier alpha value is -1.09. The standard InChI is InChI=1S/2C15H17.C2H6Si.2ClH.Ti/c2*1-2-3-7-13-10-11-15(12-13)14-8-5-4-6-9-14;1-3-2;;;/h2*4-6,8-9,12H,2-3,7,11H2,1H3;1-2H3;2*1H;/q2*-1;;;;+2/p-2. The van der Waals surface area contributed by atoms with E-state index in [2.05, 4.69) is 131 Å². The monoisotopic (exact) mass is 570 g/mol. The predicted octanol–water partition coefficient (Wildman–Crippen LogP) is 3.58. The molecule has 0 atom stereocenters. The van der Waals surface area contributed by atoms with Crippen LogP contribution in [0.5, 0.6) is 0 Å². The van der Waals surface area contributed by atoms with E-state index in [-0.39, 0.29) is 31.0 Å². The molecule has 36 heavy (non-hydrogen) atoms. The molecule has 2 aromatic carbocycles. The summed E-state index contributed by atoms with van der Waals surface area (Å²) in [5, 5.41) is 0. The van der Waals surface area contributed by atoms with Gasteiger partial charge in [-0.25, -0.2) is 23.3 Å². The van der Waals surface area contributed by atoms with Crippen molar-refractivity contribution in [1.29, 1.82) is 0 Å². The van der Waals surface area contributed by atoms with E-state index in [0.29, 0.717) is 0 Å². The molecule has 0 aliphatic heterocycles. The summed E-state index contributed by atoms with van der Waals surface area (Å²) in [7, 11) is 0. The topological polar surface area (TPSA) is 0 Å². The molecule has 192 valence electrons. The Bertz CT molecular complexity index is 923. The fraction of sp³-hybridized carbons (Fsp3) is 0.375. The van der Waals surface area contributed by atoms with Gasteiger partial charge in [0.05, 0.1) is 0 Å². The zero-order valence-electron chi connectivity index (χ0n) is 22.3. The van der Waals surface area contributed by atoms with Crippen LogP contribution < -0.4 is 24.8 Å². The number of rotatable bonds is 8. The molecule has 4 heteroatoms. The molecule has 0 heterocycles. The Balaban J connectivity index is 0.000000566. The first kappa shape index (κ1) is 34.9. The summed E-state index contributed by atoms with van der Waals surface area (Å²) in [4.78, 5) is 0. The second-order valence-corrected chi connectivity index (χ2v) is 15.7. The molecule has 0 saturated heterocycles. The van der Waals surface area contributed by atoms with Crippen molar-refractivity contribution in [3.05, 3.63) is 107 Å². The maximum absolute atomic E-state index is 3.46. The summed E-state index contributed by atoms with van der Waals surface area (Å²) in [6, 6.07) is 21.2. The number of unbranched alkanes of at least 4 members (excludes halogenated alkanes) is 2. The Kier molecular flexibility index (Phi) is 20.3. The molecule has 0 spiro atoms. The fourth-order valence-corrected chi connectivity index (χ4v) is 3.77. The van der Waals surface area contributed by atoms with E-state index in [4.69, 9.17) is 0 Å². The molecular weight excluding hydrogens is 531 g/mol. The molecule has 0 nitrogen and oxygen atoms in total. The summed E-state index contributed by atoms with van der Waals surface area (Å²) in [6.07, 6.45) is 21.1. The molecule has 0 N–H and O–H groups in total. The first-order chi connectivity index (χ1) is 16.5. The van der Waals surface area contributed by atoms with Gasteiger partial charge in [-0.2, -0.15) is 0 Å². The first-order valence-electron chi connectivity index (χ1n) is 12.8. The van der Waals surface area contributed by atoms with Crippen LogP contribution in [0.4, 0.5) is 0 Å². The maximum atomic E-state index is 3.46. The fourth-order valence-electron chi connectivity index (χ4n) is 3.77. The first-order valence-corrected chi connectivity index (χ1v) is 17.6. The molecule has 2 aliphatic carbocycles. The molecule has 0 amide bonds. The SMILES string of the molecule is CCCCC1=[C-]CC(c2ccccc2)=C1.CCCCC1=[C-]CC(c2ccccc2)=C1.C[Si](C)=[Ti+2].[Cl-].[Cl-]. The second-order valence-electron chi connectivity index (χ2n) is 9.04. The van der Waals surface area contributed by atoms with Gasteiger partial charge < -0.3 is 24.8 Å². The van der Waals surface area contributed by atoms with Gasteiger partial charge in [0.1, 0.15) is 0 Å². The van der Waals surface area contributed by atoms with Gasteiger partial charge in [-0.05, 0) is 11.1 Å². The molecule has 0 radical (unpaired) electrons. The van der Waals surface area contributed by atoms with E-state index in [0.717, 1.165) is 12.8 Å². The Labute approximate surface area is 245 Å². The number of allylic oxidation sites excluding steroid dienone is 8. The molecule has 0 fully saturated rings. The third-order valence-corrected chi connectivity index (χ3v) is 5.60. The summed E-state index contributed by atoms with van der Waals surface area (Å²) in [5.74, 6) is 0. The van der Waals surface area contributed by atoms with Crippen molar-refractivity contribution >= 4 is 17.3 Å². The third-order valence-electron chi connectivity index (χ3n) is 5.60. The average molecular weight is 572 g/mol. The number of benzene rings is 2. The minimum atomic E-state index is 0. The van der Waals surface area contributed by atoms with Gasteiger partial charge in [-0.15, -0.1) is 24.0 Å². The summed E-state index contributed by atoms with van der Waals surface area (Å²) in [5.41, 5.74) is 8.32. The molecule has 2 aliphatic rings. The van der Waals surface area contributed by atoms with Crippen LogP contribution in [-0.4, -0.2) is 6.19 Å². The van der Waals surface area contributed by atoms with Gasteiger partial charge in [-0.1, -0.05) is 113 Å². The van der Waals surface area contributed by atoms with Crippen LogP contribution in [0.3, 0.4) is 0 Å². The minimum Gasteiger partial charge on any atom is -1.00 e. The van der Waals surface area contributed by atoms with Crippen LogP contribution in [0.25, 0.3) is 11.1 Å². The van der Waals surface area contributed by atoms with E-state index < -0.39 is 0 Å². The van der Waals surface area contributed by atoms with Gasteiger partial charge >= 0.3 is 38.5 Å². The molecule has 2 aromatic rings. The van der Waals surface area contributed by atoms with Gasteiger partial charge in [-0.3, -0.25) is 12.2 Å². The maximum Gasteiger partial charge on any atom is -1.00 e. The zero-order valence-corrected chi connectivity index (χ0v) is 26.4. The van der Waals surface area contributed by atoms with Crippen LogP contribution in [0, 0.1) is 12.2 Å². The Morgan fingerprint density at radius 2 is 1.00 bits per heavy atom. The van der Waals surface area contributed by atoms with Crippen molar-refractivity contribution < 1.29 is 44.0 Å². The van der Waals surface area contributed by atoms with Crippen molar-refractivity contribution in [2.24, 2.45) is 0 Å². The Morgan fingerprint density at radius 3 is 1.31 bits per heavy atom. The summed E-state index contributed by atoms with van der Waals surface area (Å²) >= 11 is 2.27. The van der Waals surface area contributed by atoms with Crippen molar-refractivity contribution in [3.63, 3.8) is 0 Å². The van der Waals surface area contributed by atoms with Gasteiger partial charge in [0.2, 0.25) is 0 Å². The number of hydrogen-bond donors (Lipinski definition) is 0.